The Morgan fingerprint density at radius 1 is 1.12 bits per heavy atom. The highest BCUT2D eigenvalue weighted by Gasteiger charge is 2.14. The van der Waals surface area contributed by atoms with E-state index in [1.165, 1.54) is 41.5 Å². The number of sulfonamides is 1. The molecule has 1 heterocycles. The van der Waals surface area contributed by atoms with Crippen molar-refractivity contribution >= 4 is 22.0 Å². The van der Waals surface area contributed by atoms with Crippen LogP contribution in [0.15, 0.2) is 82.3 Å². The first-order valence-corrected chi connectivity index (χ1v) is 11.3. The van der Waals surface area contributed by atoms with Crippen LogP contribution in [0, 0.1) is 5.82 Å². The molecule has 0 spiro atoms. The summed E-state index contributed by atoms with van der Waals surface area (Å²) in [6, 6.07) is 15.5. The number of hydrogen-bond acceptors (Lipinski definition) is 5. The number of rotatable bonds is 10. The number of amides is 1. The molecule has 0 aliphatic rings. The molecular formula is C23H23FN2O5S. The lowest BCUT2D eigenvalue weighted by molar-refractivity contribution is -0.125. The Labute approximate surface area is 186 Å². The van der Waals surface area contributed by atoms with Gasteiger partial charge in [0.1, 0.15) is 12.4 Å². The van der Waals surface area contributed by atoms with Crippen molar-refractivity contribution in [3.63, 3.8) is 0 Å². The van der Waals surface area contributed by atoms with Gasteiger partial charge < -0.3 is 14.1 Å². The molecule has 7 nitrogen and oxygen atoms in total. The average molecular weight is 459 g/mol. The quantitative estimate of drug-likeness (QED) is 0.470. The van der Waals surface area contributed by atoms with E-state index in [-0.39, 0.29) is 36.2 Å². The van der Waals surface area contributed by atoms with Gasteiger partial charge in [-0.1, -0.05) is 24.3 Å². The largest absolute Gasteiger partial charge is 0.489 e. The van der Waals surface area contributed by atoms with E-state index in [2.05, 4.69) is 4.72 Å². The molecule has 0 saturated heterocycles. The summed E-state index contributed by atoms with van der Waals surface area (Å²) in [4.78, 5) is 13.8. The molecule has 0 aliphatic carbocycles. The van der Waals surface area contributed by atoms with Crippen LogP contribution in [0.2, 0.25) is 0 Å². The minimum Gasteiger partial charge on any atom is -0.489 e. The highest BCUT2D eigenvalue weighted by molar-refractivity contribution is 7.89. The van der Waals surface area contributed by atoms with Crippen molar-refractivity contribution in [1.82, 2.24) is 9.62 Å². The van der Waals surface area contributed by atoms with Crippen LogP contribution in [0.4, 0.5) is 4.39 Å². The van der Waals surface area contributed by atoms with Gasteiger partial charge in [-0.25, -0.2) is 17.5 Å². The maximum absolute atomic E-state index is 13.5. The number of para-hydroxylation sites is 1. The number of carbonyl (C=O) groups is 1. The van der Waals surface area contributed by atoms with Gasteiger partial charge in [-0.2, -0.15) is 0 Å². The molecule has 3 rings (SSSR count). The predicted molar refractivity (Wildman–Crippen MR) is 118 cm³/mol. The summed E-state index contributed by atoms with van der Waals surface area (Å²) in [6.45, 7) is 0.475. The number of furan rings is 1. The minimum absolute atomic E-state index is 0.0540. The van der Waals surface area contributed by atoms with E-state index in [0.29, 0.717) is 11.3 Å². The van der Waals surface area contributed by atoms with E-state index in [0.717, 1.165) is 0 Å². The van der Waals surface area contributed by atoms with Crippen molar-refractivity contribution in [3.8, 4) is 5.75 Å². The second kappa shape index (κ2) is 10.7. The lowest BCUT2D eigenvalue weighted by Crippen LogP contribution is -2.29. The number of nitrogens with zero attached hydrogens (tertiary/aromatic N) is 1. The van der Waals surface area contributed by atoms with Gasteiger partial charge in [0, 0.05) is 13.1 Å². The van der Waals surface area contributed by atoms with Crippen LogP contribution in [0.5, 0.6) is 5.75 Å². The number of ether oxygens (including phenoxy) is 1. The fourth-order valence-electron chi connectivity index (χ4n) is 2.68. The fourth-order valence-corrected chi connectivity index (χ4v) is 3.67. The van der Waals surface area contributed by atoms with Crippen LogP contribution in [-0.2, 0) is 21.4 Å². The fraction of sp³-hybridized carbons (Fsp3) is 0.174. The van der Waals surface area contributed by atoms with Gasteiger partial charge >= 0.3 is 0 Å². The molecule has 1 N–H and O–H groups in total. The maximum atomic E-state index is 13.5. The van der Waals surface area contributed by atoms with E-state index in [9.17, 15) is 17.6 Å². The first-order chi connectivity index (χ1) is 15.3. The Kier molecular flexibility index (Phi) is 7.80. The molecule has 32 heavy (non-hydrogen) atoms. The summed E-state index contributed by atoms with van der Waals surface area (Å²) >= 11 is 0. The van der Waals surface area contributed by atoms with E-state index in [4.69, 9.17) is 9.15 Å². The van der Waals surface area contributed by atoms with Crippen LogP contribution in [0.25, 0.3) is 6.08 Å². The molecule has 0 bridgehead atoms. The zero-order chi connectivity index (χ0) is 23.0. The summed E-state index contributed by atoms with van der Waals surface area (Å²) in [5.41, 5.74) is 0.666. The van der Waals surface area contributed by atoms with Gasteiger partial charge in [-0.05, 0) is 48.0 Å². The Morgan fingerprint density at radius 2 is 1.88 bits per heavy atom. The standard InChI is InChI=1S/C23H23FN2O5S/c1-26(14-16-31-22-7-3-2-6-21(22)24)23(27)13-10-18-8-11-20(12-9-18)32(28,29)25-17-19-5-4-15-30-19/h2-13,15,25H,14,16-17H2,1H3/b13-10+. The van der Waals surface area contributed by atoms with E-state index in [1.807, 2.05) is 0 Å². The monoisotopic (exact) mass is 458 g/mol. The lowest BCUT2D eigenvalue weighted by atomic mass is 10.2. The van der Waals surface area contributed by atoms with Crippen molar-refractivity contribution in [2.24, 2.45) is 0 Å². The van der Waals surface area contributed by atoms with Gasteiger partial charge in [0.2, 0.25) is 15.9 Å². The van der Waals surface area contributed by atoms with Crippen LogP contribution >= 0.6 is 0 Å². The normalized spacial score (nSPS) is 11.6. The van der Waals surface area contributed by atoms with Crippen molar-refractivity contribution in [2.45, 2.75) is 11.4 Å². The number of benzene rings is 2. The number of likely N-dealkylation sites (N-methyl/N-ethyl adjacent to an activating group) is 1. The van der Waals surface area contributed by atoms with E-state index in [1.54, 1.807) is 49.5 Å². The van der Waals surface area contributed by atoms with Crippen molar-refractivity contribution in [2.75, 3.05) is 20.2 Å². The third-order valence-electron chi connectivity index (χ3n) is 4.52. The summed E-state index contributed by atoms with van der Waals surface area (Å²) in [5, 5.41) is 0. The van der Waals surface area contributed by atoms with Gasteiger partial charge in [0.05, 0.1) is 24.2 Å². The topological polar surface area (TPSA) is 88.8 Å². The first-order valence-electron chi connectivity index (χ1n) is 9.78. The van der Waals surface area contributed by atoms with Crippen molar-refractivity contribution < 1.29 is 26.8 Å². The summed E-state index contributed by atoms with van der Waals surface area (Å²) in [7, 11) is -2.08. The number of hydrogen-bond donors (Lipinski definition) is 1. The predicted octanol–water partition coefficient (Wildman–Crippen LogP) is 3.45. The Balaban J connectivity index is 1.49. The molecule has 3 aromatic rings. The minimum atomic E-state index is -3.68. The zero-order valence-electron chi connectivity index (χ0n) is 17.4. The highest BCUT2D eigenvalue weighted by atomic mass is 32.2. The summed E-state index contributed by atoms with van der Waals surface area (Å²) < 4.78 is 51.2. The summed E-state index contributed by atoms with van der Waals surface area (Å²) in [6.07, 6.45) is 4.44. The number of halogens is 1. The molecule has 2 aromatic carbocycles. The smallest absolute Gasteiger partial charge is 0.246 e. The highest BCUT2D eigenvalue weighted by Crippen LogP contribution is 2.15. The Bertz CT molecular complexity index is 1160. The second-order valence-corrected chi connectivity index (χ2v) is 8.61. The maximum Gasteiger partial charge on any atom is 0.246 e. The third-order valence-corrected chi connectivity index (χ3v) is 5.94. The summed E-state index contributed by atoms with van der Waals surface area (Å²) in [5.74, 6) is -0.0744. The third kappa shape index (κ3) is 6.53. The Hall–Kier alpha value is -3.43. The zero-order valence-corrected chi connectivity index (χ0v) is 18.2. The van der Waals surface area contributed by atoms with Gasteiger partial charge in [0.25, 0.3) is 0 Å². The van der Waals surface area contributed by atoms with E-state index >= 15 is 0 Å². The average Bonchev–Trinajstić information content (AvgIpc) is 3.31. The Morgan fingerprint density at radius 3 is 2.56 bits per heavy atom. The molecule has 0 radical (unpaired) electrons. The van der Waals surface area contributed by atoms with Crippen molar-refractivity contribution in [3.05, 3.63) is 90.1 Å². The molecule has 168 valence electrons. The second-order valence-electron chi connectivity index (χ2n) is 6.84. The molecule has 1 amide bonds. The van der Waals surface area contributed by atoms with Crippen LogP contribution in [0.1, 0.15) is 11.3 Å². The van der Waals surface area contributed by atoms with Gasteiger partial charge in [0.15, 0.2) is 11.6 Å². The lowest BCUT2D eigenvalue weighted by Gasteiger charge is -2.15. The molecule has 0 fully saturated rings. The molecule has 9 heteroatoms. The van der Waals surface area contributed by atoms with Gasteiger partial charge in [-0.3, -0.25) is 4.79 Å². The van der Waals surface area contributed by atoms with E-state index < -0.39 is 15.8 Å². The molecule has 0 atom stereocenters. The molecule has 0 aliphatic heterocycles. The van der Waals surface area contributed by atoms with Crippen molar-refractivity contribution in [1.29, 1.82) is 0 Å². The first kappa shape index (κ1) is 23.2. The number of nitrogens with one attached hydrogen (secondary N) is 1. The van der Waals surface area contributed by atoms with Crippen LogP contribution in [0.3, 0.4) is 0 Å². The van der Waals surface area contributed by atoms with Crippen LogP contribution in [-0.4, -0.2) is 39.4 Å². The molecule has 0 unspecified atom stereocenters. The molecular weight excluding hydrogens is 435 g/mol. The molecule has 0 saturated carbocycles. The molecule has 1 aromatic heterocycles. The number of carbonyl (C=O) groups excluding carboxylic acids is 1. The van der Waals surface area contributed by atoms with Gasteiger partial charge in [-0.15, -0.1) is 0 Å². The van der Waals surface area contributed by atoms with Crippen LogP contribution < -0.4 is 9.46 Å². The SMILES string of the molecule is CN(CCOc1ccccc1F)C(=O)/C=C/c1ccc(S(=O)(=O)NCc2ccco2)cc1.